The van der Waals surface area contributed by atoms with E-state index in [0.29, 0.717) is 12.6 Å². The van der Waals surface area contributed by atoms with E-state index in [1.807, 2.05) is 47.4 Å². The smallest absolute Gasteiger partial charge is 0.244 e. The van der Waals surface area contributed by atoms with Gasteiger partial charge in [-0.3, -0.25) is 14.7 Å². The van der Waals surface area contributed by atoms with Crippen LogP contribution in [0.3, 0.4) is 0 Å². The number of piperidine rings is 1. The summed E-state index contributed by atoms with van der Waals surface area (Å²) >= 11 is 0. The molecule has 0 unspecified atom stereocenters. The molecule has 2 aromatic rings. The number of hydrogen-bond donors (Lipinski definition) is 0. The van der Waals surface area contributed by atoms with E-state index >= 15 is 0 Å². The van der Waals surface area contributed by atoms with Gasteiger partial charge in [-0.2, -0.15) is 0 Å². The van der Waals surface area contributed by atoms with Crippen LogP contribution < -0.4 is 9.64 Å². The lowest BCUT2D eigenvalue weighted by Gasteiger charge is -2.38. The third kappa shape index (κ3) is 3.63. The summed E-state index contributed by atoms with van der Waals surface area (Å²) in [5.74, 6) is 0.971. The molecule has 1 aromatic carbocycles. The maximum atomic E-state index is 13.8. The molecule has 4 heterocycles. The summed E-state index contributed by atoms with van der Waals surface area (Å²) in [6, 6.07) is 14.1. The van der Waals surface area contributed by atoms with Gasteiger partial charge in [-0.25, -0.2) is 0 Å². The van der Waals surface area contributed by atoms with Crippen molar-refractivity contribution in [1.82, 2.24) is 14.8 Å². The topological polar surface area (TPSA) is 48.9 Å². The van der Waals surface area contributed by atoms with Gasteiger partial charge in [-0.15, -0.1) is 0 Å². The van der Waals surface area contributed by atoms with Crippen LogP contribution in [0.15, 0.2) is 48.7 Å². The number of rotatable bonds is 3. The molecule has 0 spiro atoms. The summed E-state index contributed by atoms with van der Waals surface area (Å²) in [4.78, 5) is 25.0. The summed E-state index contributed by atoms with van der Waals surface area (Å²) in [5.41, 5.74) is 1.74. The van der Waals surface area contributed by atoms with Crippen molar-refractivity contribution in [1.29, 1.82) is 0 Å². The molecule has 29 heavy (non-hydrogen) atoms. The Kier molecular flexibility index (Phi) is 4.97. The Morgan fingerprint density at radius 2 is 1.90 bits per heavy atom. The Labute approximate surface area is 172 Å². The molecular weight excluding hydrogens is 364 g/mol. The van der Waals surface area contributed by atoms with Crippen molar-refractivity contribution in [3.05, 3.63) is 54.4 Å². The van der Waals surface area contributed by atoms with Crippen LogP contribution in [0.5, 0.6) is 5.75 Å². The van der Waals surface area contributed by atoms with Crippen LogP contribution in [0.25, 0.3) is 0 Å². The maximum absolute atomic E-state index is 13.8. The largest absolute Gasteiger partial charge is 0.487 e. The van der Waals surface area contributed by atoms with Gasteiger partial charge in [0.2, 0.25) is 5.91 Å². The molecule has 1 aromatic heterocycles. The van der Waals surface area contributed by atoms with Crippen LogP contribution in [0.4, 0.5) is 5.69 Å². The highest BCUT2D eigenvalue weighted by molar-refractivity contribution is 5.99. The highest BCUT2D eigenvalue weighted by Gasteiger charge is 2.45. The molecule has 3 aliphatic rings. The van der Waals surface area contributed by atoms with Crippen molar-refractivity contribution in [2.75, 3.05) is 31.6 Å². The minimum absolute atomic E-state index is 0.0711. The number of aromatic nitrogens is 1. The van der Waals surface area contributed by atoms with Crippen molar-refractivity contribution >= 4 is 11.6 Å². The van der Waals surface area contributed by atoms with Crippen LogP contribution in [0, 0.1) is 0 Å². The lowest BCUT2D eigenvalue weighted by Crippen LogP contribution is -2.51. The Bertz CT molecular complexity index is 866. The number of carbonyl (C=O) groups excluding carboxylic acids is 1. The van der Waals surface area contributed by atoms with Crippen molar-refractivity contribution in [3.63, 3.8) is 0 Å². The second-order valence-corrected chi connectivity index (χ2v) is 8.44. The van der Waals surface area contributed by atoms with Crippen LogP contribution in [0.2, 0.25) is 0 Å². The molecule has 152 valence electrons. The van der Waals surface area contributed by atoms with Crippen molar-refractivity contribution in [3.8, 4) is 5.75 Å². The molecule has 1 amide bonds. The van der Waals surface area contributed by atoms with Crippen LogP contribution in [-0.4, -0.2) is 65.6 Å². The first kappa shape index (κ1) is 18.6. The fourth-order valence-electron chi connectivity index (χ4n) is 4.95. The highest BCUT2D eigenvalue weighted by atomic mass is 16.5. The number of benzene rings is 1. The third-order valence-corrected chi connectivity index (χ3v) is 6.51. The minimum atomic E-state index is -0.120. The maximum Gasteiger partial charge on any atom is 0.244 e. The second kappa shape index (κ2) is 7.76. The fraction of sp³-hybridized carbons (Fsp3) is 0.478. The summed E-state index contributed by atoms with van der Waals surface area (Å²) in [5, 5.41) is 0. The molecule has 6 heteroatoms. The SMILES string of the molecule is CN1CCC(N2C[C@@H]3C[C@H]2C(=O)N(Cc2ccccn2)c2ccccc2O3)CC1. The predicted molar refractivity (Wildman–Crippen MR) is 112 cm³/mol. The molecule has 0 saturated carbocycles. The Hall–Kier alpha value is -2.44. The predicted octanol–water partition coefficient (Wildman–Crippen LogP) is 2.54. The van der Waals surface area contributed by atoms with Gasteiger partial charge in [-0.05, 0) is 57.2 Å². The molecule has 2 bridgehead atoms. The van der Waals surface area contributed by atoms with E-state index in [0.717, 1.165) is 56.0 Å². The molecule has 2 fully saturated rings. The molecule has 5 rings (SSSR count). The number of para-hydroxylation sites is 2. The molecule has 0 N–H and O–H groups in total. The summed E-state index contributed by atoms with van der Waals surface area (Å²) in [6.45, 7) is 3.47. The lowest BCUT2D eigenvalue weighted by molar-refractivity contribution is -0.124. The van der Waals surface area contributed by atoms with E-state index in [-0.39, 0.29) is 18.1 Å². The standard InChI is InChI=1S/C23H28N4O2/c1-25-12-9-18(10-13-25)26-16-19-14-21(26)23(28)27(15-17-6-4-5-11-24-17)20-7-2-3-8-22(20)29-19/h2-8,11,18-19,21H,9-10,12-16H2,1H3/t19-,21-/m0/s1. The van der Waals surface area contributed by atoms with Crippen molar-refractivity contribution < 1.29 is 9.53 Å². The molecule has 6 nitrogen and oxygen atoms in total. The summed E-state index contributed by atoms with van der Waals surface area (Å²) in [7, 11) is 2.17. The molecular formula is C23H28N4O2. The molecule has 0 radical (unpaired) electrons. The zero-order chi connectivity index (χ0) is 19.8. The Morgan fingerprint density at radius 3 is 2.69 bits per heavy atom. The number of nitrogens with zero attached hydrogens (tertiary/aromatic N) is 4. The number of anilines is 1. The van der Waals surface area contributed by atoms with Gasteiger partial charge in [0.15, 0.2) is 0 Å². The van der Waals surface area contributed by atoms with Gasteiger partial charge in [0.1, 0.15) is 11.9 Å². The first-order chi connectivity index (χ1) is 14.2. The van der Waals surface area contributed by atoms with Gasteiger partial charge >= 0.3 is 0 Å². The number of carbonyl (C=O) groups is 1. The first-order valence-electron chi connectivity index (χ1n) is 10.6. The van der Waals surface area contributed by atoms with E-state index in [1.165, 1.54) is 0 Å². The highest BCUT2D eigenvalue weighted by Crippen LogP contribution is 2.38. The van der Waals surface area contributed by atoms with Gasteiger partial charge in [0.05, 0.1) is 24.0 Å². The van der Waals surface area contributed by atoms with Gasteiger partial charge < -0.3 is 14.5 Å². The monoisotopic (exact) mass is 392 g/mol. The molecule has 0 aliphatic carbocycles. The van der Waals surface area contributed by atoms with Crippen molar-refractivity contribution in [2.45, 2.75) is 44.0 Å². The van der Waals surface area contributed by atoms with Crippen LogP contribution in [-0.2, 0) is 11.3 Å². The number of amides is 1. The van der Waals surface area contributed by atoms with E-state index in [1.54, 1.807) is 6.20 Å². The average molecular weight is 393 g/mol. The normalized spacial score (nSPS) is 26.0. The minimum Gasteiger partial charge on any atom is -0.487 e. The molecule has 2 saturated heterocycles. The van der Waals surface area contributed by atoms with E-state index in [2.05, 4.69) is 21.8 Å². The molecule has 3 aliphatic heterocycles. The first-order valence-corrected chi connectivity index (χ1v) is 10.6. The summed E-state index contributed by atoms with van der Waals surface area (Å²) in [6.07, 6.45) is 4.84. The number of ether oxygens (including phenoxy) is 1. The molecule has 2 atom stereocenters. The van der Waals surface area contributed by atoms with Gasteiger partial charge in [0, 0.05) is 25.2 Å². The van der Waals surface area contributed by atoms with E-state index in [9.17, 15) is 4.79 Å². The van der Waals surface area contributed by atoms with Gasteiger partial charge in [-0.1, -0.05) is 18.2 Å². The quantitative estimate of drug-likeness (QED) is 0.804. The number of hydrogen-bond acceptors (Lipinski definition) is 5. The zero-order valence-corrected chi connectivity index (χ0v) is 16.9. The third-order valence-electron chi connectivity index (χ3n) is 6.51. The Balaban J connectivity index is 1.48. The Morgan fingerprint density at radius 1 is 1.10 bits per heavy atom. The van der Waals surface area contributed by atoms with Crippen molar-refractivity contribution in [2.24, 2.45) is 0 Å². The average Bonchev–Trinajstić information content (AvgIpc) is 3.18. The van der Waals surface area contributed by atoms with E-state index < -0.39 is 0 Å². The van der Waals surface area contributed by atoms with Crippen LogP contribution >= 0.6 is 0 Å². The lowest BCUT2D eigenvalue weighted by atomic mass is 10.0. The summed E-state index contributed by atoms with van der Waals surface area (Å²) < 4.78 is 6.42. The number of likely N-dealkylation sites (tertiary alicyclic amines) is 2. The fourth-order valence-corrected chi connectivity index (χ4v) is 4.95. The van der Waals surface area contributed by atoms with E-state index in [4.69, 9.17) is 4.74 Å². The zero-order valence-electron chi connectivity index (χ0n) is 16.9. The number of pyridine rings is 1. The second-order valence-electron chi connectivity index (χ2n) is 8.44. The number of fused-ring (bicyclic) bond motifs is 3. The van der Waals surface area contributed by atoms with Crippen LogP contribution in [0.1, 0.15) is 25.0 Å². The van der Waals surface area contributed by atoms with Gasteiger partial charge in [0.25, 0.3) is 0 Å².